The summed E-state index contributed by atoms with van der Waals surface area (Å²) < 4.78 is 11.4. The first-order chi connectivity index (χ1) is 14.1. The highest BCUT2D eigenvalue weighted by Gasteiger charge is 2.29. The minimum absolute atomic E-state index is 0.0159. The molecule has 0 unspecified atom stereocenters. The number of rotatable bonds is 5. The molecule has 0 N–H and O–H groups in total. The number of carbonyl (C=O) groups excluding carboxylic acids is 1. The number of amides is 1. The average Bonchev–Trinajstić information content (AvgIpc) is 3.22. The van der Waals surface area contributed by atoms with Crippen molar-refractivity contribution in [3.05, 3.63) is 82.5 Å². The zero-order valence-electron chi connectivity index (χ0n) is 16.3. The molecule has 1 atom stereocenters. The van der Waals surface area contributed by atoms with E-state index in [4.69, 9.17) is 20.8 Å². The molecule has 0 radical (unpaired) electrons. The lowest BCUT2D eigenvalue weighted by Crippen LogP contribution is -2.39. The molecule has 1 aromatic heterocycles. The summed E-state index contributed by atoms with van der Waals surface area (Å²) in [4.78, 5) is 19.4. The summed E-state index contributed by atoms with van der Waals surface area (Å²) in [6.45, 7) is 1.32. The van der Waals surface area contributed by atoms with E-state index in [9.17, 15) is 4.79 Å². The Bertz CT molecular complexity index is 1000. The van der Waals surface area contributed by atoms with Gasteiger partial charge in [0.2, 0.25) is 0 Å². The number of para-hydroxylation sites is 1. The Morgan fingerprint density at radius 2 is 2.14 bits per heavy atom. The highest BCUT2D eigenvalue weighted by atomic mass is 35.5. The topological polar surface area (TPSA) is 55.6 Å². The first-order valence-corrected chi connectivity index (χ1v) is 10.1. The first kappa shape index (κ1) is 19.5. The molecule has 6 heteroatoms. The number of benzene rings is 2. The number of nitrogens with zero attached hydrogens (tertiary/aromatic N) is 2. The lowest BCUT2D eigenvalue weighted by molar-refractivity contribution is 0.0694. The summed E-state index contributed by atoms with van der Waals surface area (Å²) in [6, 6.07) is 15.1. The monoisotopic (exact) mass is 410 g/mol. The Labute approximate surface area is 175 Å². The number of aromatic nitrogens is 1. The predicted molar refractivity (Wildman–Crippen MR) is 112 cm³/mol. The number of piperidine rings is 1. The van der Waals surface area contributed by atoms with Crippen molar-refractivity contribution in [3.63, 3.8) is 0 Å². The van der Waals surface area contributed by atoms with Crippen LogP contribution in [-0.4, -0.2) is 36.0 Å². The molecule has 1 fully saturated rings. The fraction of sp³-hybridized carbons (Fsp3) is 0.304. The third-order valence-corrected chi connectivity index (χ3v) is 5.47. The molecule has 3 aromatic rings. The Balaban J connectivity index is 1.46. The van der Waals surface area contributed by atoms with Crippen molar-refractivity contribution in [1.29, 1.82) is 0 Å². The van der Waals surface area contributed by atoms with Gasteiger partial charge in [-0.1, -0.05) is 35.9 Å². The number of hydrogen-bond donors (Lipinski definition) is 0. The molecule has 5 nitrogen and oxygen atoms in total. The van der Waals surface area contributed by atoms with Crippen LogP contribution in [0.2, 0.25) is 5.02 Å². The van der Waals surface area contributed by atoms with E-state index in [-0.39, 0.29) is 11.8 Å². The molecule has 1 aliphatic rings. The van der Waals surface area contributed by atoms with Crippen LogP contribution in [0.25, 0.3) is 0 Å². The largest absolute Gasteiger partial charge is 0.496 e. The number of halogens is 1. The number of hydrogen-bond acceptors (Lipinski definition) is 4. The Morgan fingerprint density at radius 3 is 2.97 bits per heavy atom. The van der Waals surface area contributed by atoms with Gasteiger partial charge in [-0.15, -0.1) is 0 Å². The molecular weight excluding hydrogens is 388 g/mol. The van der Waals surface area contributed by atoms with Crippen LogP contribution < -0.4 is 4.74 Å². The van der Waals surface area contributed by atoms with Crippen molar-refractivity contribution in [3.8, 4) is 5.75 Å². The first-order valence-electron chi connectivity index (χ1n) is 9.75. The lowest BCUT2D eigenvalue weighted by atomic mass is 9.97. The molecule has 2 aromatic carbocycles. The van der Waals surface area contributed by atoms with Gasteiger partial charge in [0.05, 0.1) is 24.8 Å². The molecule has 2 heterocycles. The second-order valence-corrected chi connectivity index (χ2v) is 7.70. The van der Waals surface area contributed by atoms with E-state index in [1.54, 1.807) is 19.4 Å². The summed E-state index contributed by atoms with van der Waals surface area (Å²) in [5.74, 6) is 2.17. The Morgan fingerprint density at radius 1 is 1.28 bits per heavy atom. The number of carbonyl (C=O) groups is 1. The molecule has 0 bridgehead atoms. The molecule has 29 heavy (non-hydrogen) atoms. The fourth-order valence-electron chi connectivity index (χ4n) is 3.80. The van der Waals surface area contributed by atoms with Crippen LogP contribution in [0.5, 0.6) is 5.75 Å². The fourth-order valence-corrected chi connectivity index (χ4v) is 4.01. The van der Waals surface area contributed by atoms with E-state index in [0.717, 1.165) is 30.7 Å². The van der Waals surface area contributed by atoms with Gasteiger partial charge in [0, 0.05) is 24.5 Å². The van der Waals surface area contributed by atoms with E-state index in [1.165, 1.54) is 0 Å². The quantitative estimate of drug-likeness (QED) is 0.597. The molecular formula is C23H23ClN2O3. The highest BCUT2D eigenvalue weighted by Crippen LogP contribution is 2.29. The summed E-state index contributed by atoms with van der Waals surface area (Å²) in [5, 5.41) is 0.708. The third-order valence-electron chi connectivity index (χ3n) is 5.23. The zero-order chi connectivity index (χ0) is 20.2. The van der Waals surface area contributed by atoms with Gasteiger partial charge in [-0.3, -0.25) is 4.79 Å². The molecule has 0 aliphatic carbocycles. The van der Waals surface area contributed by atoms with Crippen molar-refractivity contribution >= 4 is 17.5 Å². The molecule has 1 amide bonds. The Kier molecular flexibility index (Phi) is 5.86. The van der Waals surface area contributed by atoms with Crippen LogP contribution in [0.1, 0.15) is 46.3 Å². The van der Waals surface area contributed by atoms with Crippen molar-refractivity contribution in [2.75, 3.05) is 20.2 Å². The molecule has 1 aliphatic heterocycles. The van der Waals surface area contributed by atoms with Crippen LogP contribution in [-0.2, 0) is 6.42 Å². The molecule has 4 rings (SSSR count). The number of likely N-dealkylation sites (tertiary alicyclic amines) is 1. The van der Waals surface area contributed by atoms with Gasteiger partial charge < -0.3 is 14.1 Å². The average molecular weight is 411 g/mol. The van der Waals surface area contributed by atoms with Gasteiger partial charge in [0.1, 0.15) is 11.5 Å². The maximum absolute atomic E-state index is 13.0. The summed E-state index contributed by atoms with van der Waals surface area (Å²) >= 11 is 6.06. The van der Waals surface area contributed by atoms with E-state index in [2.05, 4.69) is 4.98 Å². The molecule has 1 saturated heterocycles. The van der Waals surface area contributed by atoms with Crippen molar-refractivity contribution in [2.24, 2.45) is 0 Å². The smallest absolute Gasteiger partial charge is 0.257 e. The SMILES string of the molecule is COc1ccccc1C(=O)N1CCC[C@@H](c2ncc(Cc3cccc(Cl)c3)o2)C1. The van der Waals surface area contributed by atoms with Gasteiger partial charge in [-0.2, -0.15) is 0 Å². The van der Waals surface area contributed by atoms with Crippen LogP contribution in [0.3, 0.4) is 0 Å². The van der Waals surface area contributed by atoms with Crippen molar-refractivity contribution in [1.82, 2.24) is 9.88 Å². The van der Waals surface area contributed by atoms with Gasteiger partial charge in [-0.25, -0.2) is 4.98 Å². The second kappa shape index (κ2) is 8.70. The van der Waals surface area contributed by atoms with E-state index < -0.39 is 0 Å². The highest BCUT2D eigenvalue weighted by molar-refractivity contribution is 6.30. The summed E-state index contributed by atoms with van der Waals surface area (Å²) in [5.41, 5.74) is 1.67. The molecule has 150 valence electrons. The van der Waals surface area contributed by atoms with Gasteiger partial charge in [0.25, 0.3) is 5.91 Å². The normalized spacial score (nSPS) is 16.6. The number of methoxy groups -OCH3 is 1. The van der Waals surface area contributed by atoms with E-state index in [1.807, 2.05) is 47.4 Å². The third kappa shape index (κ3) is 4.46. The van der Waals surface area contributed by atoms with Crippen LogP contribution in [0, 0.1) is 0 Å². The minimum atomic E-state index is -0.0159. The summed E-state index contributed by atoms with van der Waals surface area (Å²) in [7, 11) is 1.58. The van der Waals surface area contributed by atoms with Crippen molar-refractivity contribution < 1.29 is 13.9 Å². The van der Waals surface area contributed by atoms with Crippen molar-refractivity contribution in [2.45, 2.75) is 25.2 Å². The molecule has 0 spiro atoms. The van der Waals surface area contributed by atoms with Gasteiger partial charge >= 0.3 is 0 Å². The maximum atomic E-state index is 13.0. The van der Waals surface area contributed by atoms with Crippen LogP contribution >= 0.6 is 11.6 Å². The second-order valence-electron chi connectivity index (χ2n) is 7.26. The van der Waals surface area contributed by atoms with Gasteiger partial charge in [-0.05, 0) is 42.7 Å². The lowest BCUT2D eigenvalue weighted by Gasteiger charge is -2.31. The van der Waals surface area contributed by atoms with Gasteiger partial charge in [0.15, 0.2) is 5.89 Å². The van der Waals surface area contributed by atoms with E-state index >= 15 is 0 Å². The number of ether oxygens (including phenoxy) is 1. The maximum Gasteiger partial charge on any atom is 0.257 e. The summed E-state index contributed by atoms with van der Waals surface area (Å²) in [6.07, 6.45) is 4.28. The molecule has 0 saturated carbocycles. The van der Waals surface area contributed by atoms with Crippen LogP contribution in [0.15, 0.2) is 59.1 Å². The Hall–Kier alpha value is -2.79. The van der Waals surface area contributed by atoms with E-state index in [0.29, 0.717) is 35.2 Å². The zero-order valence-corrected chi connectivity index (χ0v) is 17.1. The minimum Gasteiger partial charge on any atom is -0.496 e. The standard InChI is InChI=1S/C23H23ClN2O3/c1-28-21-10-3-2-9-20(21)23(27)26-11-5-7-17(15-26)22-25-14-19(29-22)13-16-6-4-8-18(24)12-16/h2-4,6,8-10,12,14,17H,5,7,11,13,15H2,1H3/t17-/m1/s1. The predicted octanol–water partition coefficient (Wildman–Crippen LogP) is 4.95. The van der Waals surface area contributed by atoms with Crippen LogP contribution in [0.4, 0.5) is 0 Å². The number of oxazole rings is 1.